The van der Waals surface area contributed by atoms with Gasteiger partial charge in [0.1, 0.15) is 5.52 Å². The Kier molecular flexibility index (Phi) is 2.59. The van der Waals surface area contributed by atoms with Crippen LogP contribution in [0.2, 0.25) is 0 Å². The lowest BCUT2D eigenvalue weighted by Crippen LogP contribution is -2.56. The number of pyridine rings is 1. The Morgan fingerprint density at radius 1 is 1.42 bits per heavy atom. The minimum atomic E-state index is 0.0667. The average Bonchev–Trinajstić information content (AvgIpc) is 2.76. The van der Waals surface area contributed by atoms with Crippen LogP contribution in [0.4, 0.5) is 0 Å². The zero-order chi connectivity index (χ0) is 13.6. The van der Waals surface area contributed by atoms with Gasteiger partial charge in [0.25, 0.3) is 5.91 Å². The van der Waals surface area contributed by atoms with Gasteiger partial charge in [-0.05, 0) is 12.5 Å². The number of fused-ring (bicyclic) bond motifs is 1. The molecule has 1 fully saturated rings. The molecule has 1 amide bonds. The topological polar surface area (TPSA) is 51.0 Å². The quantitative estimate of drug-likeness (QED) is 0.826. The first-order valence-electron chi connectivity index (χ1n) is 6.59. The highest BCUT2D eigenvalue weighted by Crippen LogP contribution is 2.34. The Bertz CT molecular complexity index is 640. The Labute approximate surface area is 112 Å². The number of hydrogen-bond acceptors (Lipinski definition) is 3. The molecule has 0 bridgehead atoms. The maximum absolute atomic E-state index is 12.5. The molecule has 2 aromatic heterocycles. The molecule has 5 heteroatoms. The summed E-state index contributed by atoms with van der Waals surface area (Å²) in [5.41, 5.74) is 2.39. The van der Waals surface area contributed by atoms with Gasteiger partial charge in [0.2, 0.25) is 0 Å². The number of hydrogen-bond donors (Lipinski definition) is 0. The van der Waals surface area contributed by atoms with Crippen molar-refractivity contribution in [3.05, 3.63) is 24.2 Å². The van der Waals surface area contributed by atoms with Crippen molar-refractivity contribution >= 4 is 17.1 Å². The van der Waals surface area contributed by atoms with Gasteiger partial charge in [-0.1, -0.05) is 13.8 Å². The van der Waals surface area contributed by atoms with Crippen molar-refractivity contribution in [2.45, 2.75) is 20.3 Å². The molecule has 1 aliphatic rings. The molecule has 1 saturated heterocycles. The Hall–Kier alpha value is -1.91. The molecule has 100 valence electrons. The molecule has 19 heavy (non-hydrogen) atoms. The highest BCUT2D eigenvalue weighted by atomic mass is 16.2. The molecule has 3 heterocycles. The van der Waals surface area contributed by atoms with E-state index in [0.717, 1.165) is 25.2 Å². The summed E-state index contributed by atoms with van der Waals surface area (Å²) in [4.78, 5) is 22.9. The number of imidazole rings is 1. The molecular formula is C14H18N4O. The van der Waals surface area contributed by atoms with E-state index >= 15 is 0 Å². The first kappa shape index (κ1) is 12.1. The molecule has 0 radical (unpaired) electrons. The van der Waals surface area contributed by atoms with E-state index in [1.54, 1.807) is 18.6 Å². The fourth-order valence-corrected chi connectivity index (χ4v) is 2.61. The normalized spacial score (nSPS) is 17.5. The third-order valence-corrected chi connectivity index (χ3v) is 4.12. The molecule has 0 atom stereocenters. The molecule has 1 aliphatic heterocycles. The highest BCUT2D eigenvalue weighted by molar-refractivity contribution is 6.04. The van der Waals surface area contributed by atoms with Crippen molar-refractivity contribution in [2.75, 3.05) is 13.1 Å². The second-order valence-electron chi connectivity index (χ2n) is 5.71. The Balaban J connectivity index is 1.91. The van der Waals surface area contributed by atoms with E-state index in [1.165, 1.54) is 0 Å². The van der Waals surface area contributed by atoms with Crippen LogP contribution in [0.15, 0.2) is 18.6 Å². The zero-order valence-corrected chi connectivity index (χ0v) is 11.6. The first-order chi connectivity index (χ1) is 9.04. The molecule has 0 unspecified atom stereocenters. The van der Waals surface area contributed by atoms with Crippen molar-refractivity contribution < 1.29 is 4.79 Å². The number of carbonyl (C=O) groups excluding carboxylic acids is 1. The SMILES string of the molecule is CCC1(C)CN(C(=O)c2ccnc3c2ncn3C)C1. The van der Waals surface area contributed by atoms with Crippen LogP contribution in [0.5, 0.6) is 0 Å². The molecule has 2 aromatic rings. The number of aryl methyl sites for hydroxylation is 1. The molecule has 3 rings (SSSR count). The highest BCUT2D eigenvalue weighted by Gasteiger charge is 2.40. The van der Waals surface area contributed by atoms with Crippen LogP contribution in [-0.2, 0) is 7.05 Å². The van der Waals surface area contributed by atoms with Crippen LogP contribution in [0.3, 0.4) is 0 Å². The van der Waals surface area contributed by atoms with Gasteiger partial charge in [0.15, 0.2) is 5.65 Å². The largest absolute Gasteiger partial charge is 0.337 e. The molecule has 0 saturated carbocycles. The third-order valence-electron chi connectivity index (χ3n) is 4.12. The summed E-state index contributed by atoms with van der Waals surface area (Å²) in [6.45, 7) is 6.06. The standard InChI is InChI=1S/C14H18N4O/c1-4-14(2)7-18(8-14)13(19)10-5-6-15-12-11(10)16-9-17(12)3/h5-6,9H,4,7-8H2,1-3H3. The summed E-state index contributed by atoms with van der Waals surface area (Å²) in [5, 5.41) is 0. The lowest BCUT2D eigenvalue weighted by atomic mass is 9.79. The summed E-state index contributed by atoms with van der Waals surface area (Å²) >= 11 is 0. The van der Waals surface area contributed by atoms with E-state index in [4.69, 9.17) is 0 Å². The van der Waals surface area contributed by atoms with Crippen molar-refractivity contribution in [1.82, 2.24) is 19.4 Å². The van der Waals surface area contributed by atoms with Gasteiger partial charge in [-0.15, -0.1) is 0 Å². The molecule has 0 N–H and O–H groups in total. The van der Waals surface area contributed by atoms with Crippen molar-refractivity contribution in [3.63, 3.8) is 0 Å². The number of likely N-dealkylation sites (tertiary alicyclic amines) is 1. The van der Waals surface area contributed by atoms with Crippen molar-refractivity contribution in [1.29, 1.82) is 0 Å². The maximum Gasteiger partial charge on any atom is 0.256 e. The lowest BCUT2D eigenvalue weighted by Gasteiger charge is -2.47. The van der Waals surface area contributed by atoms with Gasteiger partial charge in [0, 0.05) is 31.7 Å². The number of amides is 1. The number of nitrogens with zero attached hydrogens (tertiary/aromatic N) is 4. The number of aromatic nitrogens is 3. The Morgan fingerprint density at radius 2 is 2.16 bits per heavy atom. The van der Waals surface area contributed by atoms with Crippen molar-refractivity contribution in [3.8, 4) is 0 Å². The van der Waals surface area contributed by atoms with Gasteiger partial charge in [-0.2, -0.15) is 0 Å². The van der Waals surface area contributed by atoms with E-state index in [9.17, 15) is 4.79 Å². The molecule has 0 aliphatic carbocycles. The van der Waals surface area contributed by atoms with E-state index in [0.29, 0.717) is 11.1 Å². The average molecular weight is 258 g/mol. The first-order valence-corrected chi connectivity index (χ1v) is 6.59. The summed E-state index contributed by atoms with van der Waals surface area (Å²) in [7, 11) is 1.88. The van der Waals surface area contributed by atoms with Gasteiger partial charge >= 0.3 is 0 Å². The summed E-state index contributed by atoms with van der Waals surface area (Å²) in [5.74, 6) is 0.0667. The van der Waals surface area contributed by atoms with Crippen LogP contribution in [-0.4, -0.2) is 38.4 Å². The van der Waals surface area contributed by atoms with E-state index in [2.05, 4.69) is 23.8 Å². The fourth-order valence-electron chi connectivity index (χ4n) is 2.61. The van der Waals surface area contributed by atoms with Gasteiger partial charge < -0.3 is 9.47 Å². The van der Waals surface area contributed by atoms with E-state index in [1.807, 2.05) is 16.5 Å². The van der Waals surface area contributed by atoms with Crippen LogP contribution in [0.1, 0.15) is 30.6 Å². The van der Waals surface area contributed by atoms with Crippen molar-refractivity contribution in [2.24, 2.45) is 12.5 Å². The Morgan fingerprint density at radius 3 is 2.84 bits per heavy atom. The molecular weight excluding hydrogens is 240 g/mol. The summed E-state index contributed by atoms with van der Waals surface area (Å²) in [6, 6.07) is 1.76. The molecule has 0 spiro atoms. The second-order valence-corrected chi connectivity index (χ2v) is 5.71. The number of carbonyl (C=O) groups is 1. The zero-order valence-electron chi connectivity index (χ0n) is 11.6. The maximum atomic E-state index is 12.5. The monoisotopic (exact) mass is 258 g/mol. The summed E-state index contributed by atoms with van der Waals surface area (Å²) < 4.78 is 1.83. The van der Waals surface area contributed by atoms with E-state index < -0.39 is 0 Å². The van der Waals surface area contributed by atoms with Gasteiger partial charge in [-0.25, -0.2) is 9.97 Å². The second kappa shape index (κ2) is 4.05. The minimum Gasteiger partial charge on any atom is -0.337 e. The van der Waals surface area contributed by atoms with Crippen LogP contribution in [0, 0.1) is 5.41 Å². The fraction of sp³-hybridized carbons (Fsp3) is 0.500. The van der Waals surface area contributed by atoms with Gasteiger partial charge in [0.05, 0.1) is 11.9 Å². The third kappa shape index (κ3) is 1.80. The molecule has 0 aromatic carbocycles. The minimum absolute atomic E-state index is 0.0667. The molecule has 5 nitrogen and oxygen atoms in total. The van der Waals surface area contributed by atoms with Crippen LogP contribution >= 0.6 is 0 Å². The predicted molar refractivity (Wildman–Crippen MR) is 72.8 cm³/mol. The smallest absolute Gasteiger partial charge is 0.256 e. The van der Waals surface area contributed by atoms with E-state index in [-0.39, 0.29) is 11.3 Å². The predicted octanol–water partition coefficient (Wildman–Crippen LogP) is 1.84. The number of rotatable bonds is 2. The summed E-state index contributed by atoms with van der Waals surface area (Å²) in [6.07, 6.45) is 4.48. The van der Waals surface area contributed by atoms with Gasteiger partial charge in [-0.3, -0.25) is 4.79 Å². The van der Waals surface area contributed by atoms with Crippen LogP contribution in [0.25, 0.3) is 11.2 Å². The van der Waals surface area contributed by atoms with Crippen LogP contribution < -0.4 is 0 Å². The lowest BCUT2D eigenvalue weighted by molar-refractivity contribution is 0.0135.